The first-order valence-electron chi connectivity index (χ1n) is 5.37. The number of aromatic carboxylic acids is 1. The molecule has 0 aliphatic rings. The summed E-state index contributed by atoms with van der Waals surface area (Å²) in [5.74, 6) is -1.07. The highest BCUT2D eigenvalue weighted by molar-refractivity contribution is 9.10. The smallest absolute Gasteiger partial charge is 0.335 e. The zero-order valence-electron chi connectivity index (χ0n) is 10.2. The van der Waals surface area contributed by atoms with E-state index in [1.165, 1.54) is 17.0 Å². The van der Waals surface area contributed by atoms with Crippen LogP contribution in [0.4, 0.5) is 10.5 Å². The average molecular weight is 326 g/mol. The Bertz CT molecular complexity index is 540. The van der Waals surface area contributed by atoms with Gasteiger partial charge in [0.25, 0.3) is 0 Å². The number of carboxylic acid groups (broad SMARTS) is 1. The molecule has 0 unspecified atom stereocenters. The number of nitrogens with one attached hydrogen (secondary N) is 1. The van der Waals surface area contributed by atoms with Crippen molar-refractivity contribution in [1.82, 2.24) is 4.90 Å². The van der Waals surface area contributed by atoms with Gasteiger partial charge in [0.1, 0.15) is 0 Å². The number of carbonyl (C=O) groups is 2. The van der Waals surface area contributed by atoms with Gasteiger partial charge >= 0.3 is 12.0 Å². The van der Waals surface area contributed by atoms with Gasteiger partial charge in [-0.3, -0.25) is 0 Å². The fourth-order valence-electron chi connectivity index (χ4n) is 1.28. The van der Waals surface area contributed by atoms with E-state index in [1.807, 2.05) is 6.07 Å². The molecule has 0 saturated carbocycles. The van der Waals surface area contributed by atoms with Gasteiger partial charge in [-0.2, -0.15) is 5.26 Å². The van der Waals surface area contributed by atoms with Gasteiger partial charge < -0.3 is 15.3 Å². The fourth-order valence-corrected chi connectivity index (χ4v) is 1.63. The number of nitrogens with zero attached hydrogens (tertiary/aromatic N) is 2. The lowest BCUT2D eigenvalue weighted by Gasteiger charge is -2.17. The number of anilines is 1. The second-order valence-electron chi connectivity index (χ2n) is 3.76. The van der Waals surface area contributed by atoms with Crippen molar-refractivity contribution >= 4 is 33.6 Å². The Morgan fingerprint density at radius 3 is 2.79 bits per heavy atom. The molecule has 0 atom stereocenters. The summed E-state index contributed by atoms with van der Waals surface area (Å²) in [6.45, 7) is 0.304. The monoisotopic (exact) mass is 325 g/mol. The number of benzene rings is 1. The Morgan fingerprint density at radius 2 is 2.21 bits per heavy atom. The highest BCUT2D eigenvalue weighted by Gasteiger charge is 2.12. The van der Waals surface area contributed by atoms with Crippen LogP contribution < -0.4 is 5.32 Å². The molecule has 19 heavy (non-hydrogen) atoms. The number of halogens is 1. The van der Waals surface area contributed by atoms with Crippen molar-refractivity contribution in [2.75, 3.05) is 18.9 Å². The summed E-state index contributed by atoms with van der Waals surface area (Å²) >= 11 is 3.23. The lowest BCUT2D eigenvalue weighted by Crippen LogP contribution is -2.32. The molecule has 0 aliphatic heterocycles. The minimum absolute atomic E-state index is 0.0816. The van der Waals surface area contributed by atoms with Gasteiger partial charge in [-0.05, 0) is 34.1 Å². The first kappa shape index (κ1) is 15.0. The first-order chi connectivity index (χ1) is 8.95. The summed E-state index contributed by atoms with van der Waals surface area (Å²) in [7, 11) is 1.56. The molecule has 2 N–H and O–H groups in total. The van der Waals surface area contributed by atoms with Crippen molar-refractivity contribution in [3.63, 3.8) is 0 Å². The van der Waals surface area contributed by atoms with E-state index < -0.39 is 12.0 Å². The van der Waals surface area contributed by atoms with Crippen LogP contribution in [0.25, 0.3) is 0 Å². The Hall–Kier alpha value is -2.07. The van der Waals surface area contributed by atoms with Crippen LogP contribution in [0.15, 0.2) is 22.7 Å². The van der Waals surface area contributed by atoms with Crippen LogP contribution in [0, 0.1) is 11.3 Å². The van der Waals surface area contributed by atoms with Crippen molar-refractivity contribution in [2.45, 2.75) is 6.42 Å². The predicted molar refractivity (Wildman–Crippen MR) is 73.0 cm³/mol. The maximum Gasteiger partial charge on any atom is 0.335 e. The van der Waals surface area contributed by atoms with Gasteiger partial charge in [0.15, 0.2) is 0 Å². The standard InChI is InChI=1S/C12H12BrN3O3/c1-16(6-2-5-14)12(19)15-10-7-8(11(17)18)3-4-9(10)13/h3-4,7H,2,6H2,1H3,(H,15,19)(H,17,18). The molecule has 0 bridgehead atoms. The van der Waals surface area contributed by atoms with Crippen molar-refractivity contribution in [2.24, 2.45) is 0 Å². The maximum atomic E-state index is 11.8. The summed E-state index contributed by atoms with van der Waals surface area (Å²) in [4.78, 5) is 24.0. The topological polar surface area (TPSA) is 93.4 Å². The zero-order valence-corrected chi connectivity index (χ0v) is 11.8. The van der Waals surface area contributed by atoms with Gasteiger partial charge in [-0.15, -0.1) is 0 Å². The summed E-state index contributed by atoms with van der Waals surface area (Å²) in [6.07, 6.45) is 0.236. The van der Waals surface area contributed by atoms with Crippen molar-refractivity contribution in [1.29, 1.82) is 5.26 Å². The van der Waals surface area contributed by atoms with E-state index in [-0.39, 0.29) is 12.0 Å². The van der Waals surface area contributed by atoms with Gasteiger partial charge in [-0.1, -0.05) is 0 Å². The Balaban J connectivity index is 2.81. The second-order valence-corrected chi connectivity index (χ2v) is 4.61. The van der Waals surface area contributed by atoms with Gasteiger partial charge in [0.05, 0.1) is 23.7 Å². The van der Waals surface area contributed by atoms with Crippen LogP contribution in [0.1, 0.15) is 16.8 Å². The SMILES string of the molecule is CN(CCC#N)C(=O)Nc1cc(C(=O)O)ccc1Br. The van der Waals surface area contributed by atoms with Crippen molar-refractivity contribution in [3.8, 4) is 6.07 Å². The van der Waals surface area contributed by atoms with Crippen LogP contribution in [-0.2, 0) is 0 Å². The number of nitriles is 1. The van der Waals surface area contributed by atoms with Gasteiger partial charge in [-0.25, -0.2) is 9.59 Å². The van der Waals surface area contributed by atoms with E-state index in [2.05, 4.69) is 21.2 Å². The molecule has 100 valence electrons. The van der Waals surface area contributed by atoms with Gasteiger partial charge in [0.2, 0.25) is 0 Å². The van der Waals surface area contributed by atoms with E-state index in [0.717, 1.165) is 0 Å². The number of carbonyl (C=O) groups excluding carboxylic acids is 1. The molecular formula is C12H12BrN3O3. The average Bonchev–Trinajstić information content (AvgIpc) is 2.38. The summed E-state index contributed by atoms with van der Waals surface area (Å²) in [5, 5.41) is 19.9. The Morgan fingerprint density at radius 1 is 1.53 bits per heavy atom. The molecule has 0 aromatic heterocycles. The third kappa shape index (κ3) is 4.26. The zero-order chi connectivity index (χ0) is 14.4. The minimum Gasteiger partial charge on any atom is -0.478 e. The highest BCUT2D eigenvalue weighted by Crippen LogP contribution is 2.24. The molecular weight excluding hydrogens is 314 g/mol. The first-order valence-corrected chi connectivity index (χ1v) is 6.17. The fraction of sp³-hybridized carbons (Fsp3) is 0.250. The van der Waals surface area contributed by atoms with E-state index in [1.54, 1.807) is 13.1 Å². The quantitative estimate of drug-likeness (QED) is 0.889. The number of hydrogen-bond donors (Lipinski definition) is 2. The third-order valence-electron chi connectivity index (χ3n) is 2.36. The van der Waals surface area contributed by atoms with Crippen LogP contribution in [0.5, 0.6) is 0 Å². The Labute approximate surface area is 118 Å². The number of amides is 2. The number of hydrogen-bond acceptors (Lipinski definition) is 3. The van der Waals surface area contributed by atoms with Crippen LogP contribution >= 0.6 is 15.9 Å². The summed E-state index contributed by atoms with van der Waals surface area (Å²) in [5.41, 5.74) is 0.451. The summed E-state index contributed by atoms with van der Waals surface area (Å²) < 4.78 is 0.583. The number of carboxylic acids is 1. The lowest BCUT2D eigenvalue weighted by atomic mass is 10.2. The lowest BCUT2D eigenvalue weighted by molar-refractivity contribution is 0.0697. The van der Waals surface area contributed by atoms with Crippen LogP contribution in [0.2, 0.25) is 0 Å². The van der Waals surface area contributed by atoms with E-state index >= 15 is 0 Å². The van der Waals surface area contributed by atoms with Crippen LogP contribution in [-0.4, -0.2) is 35.6 Å². The normalized spacial score (nSPS) is 9.53. The van der Waals surface area contributed by atoms with Crippen molar-refractivity contribution in [3.05, 3.63) is 28.2 Å². The molecule has 0 aliphatic carbocycles. The molecule has 1 aromatic rings. The molecule has 0 heterocycles. The van der Waals surface area contributed by atoms with Crippen LogP contribution in [0.3, 0.4) is 0 Å². The number of rotatable bonds is 4. The van der Waals surface area contributed by atoms with Crippen molar-refractivity contribution < 1.29 is 14.7 Å². The molecule has 1 aromatic carbocycles. The molecule has 6 nitrogen and oxygen atoms in total. The number of urea groups is 1. The molecule has 0 saturated heterocycles. The molecule has 0 radical (unpaired) electrons. The summed E-state index contributed by atoms with van der Waals surface area (Å²) in [6, 6.07) is 5.89. The van der Waals surface area contributed by atoms with Gasteiger partial charge in [0, 0.05) is 18.1 Å². The minimum atomic E-state index is -1.07. The molecule has 0 spiro atoms. The second kappa shape index (κ2) is 6.75. The highest BCUT2D eigenvalue weighted by atomic mass is 79.9. The Kier molecular flexibility index (Phi) is 5.33. The molecule has 7 heteroatoms. The van der Waals surface area contributed by atoms with E-state index in [9.17, 15) is 9.59 Å². The third-order valence-corrected chi connectivity index (χ3v) is 3.05. The molecule has 0 fully saturated rings. The predicted octanol–water partition coefficient (Wildman–Crippen LogP) is 2.52. The molecule has 1 rings (SSSR count). The largest absolute Gasteiger partial charge is 0.478 e. The van der Waals surface area contributed by atoms with E-state index in [4.69, 9.17) is 10.4 Å². The van der Waals surface area contributed by atoms with E-state index in [0.29, 0.717) is 16.7 Å². The molecule has 2 amide bonds. The maximum absolute atomic E-state index is 11.8.